The molecule has 1 aliphatic rings. The molecule has 1 aliphatic heterocycles. The highest BCUT2D eigenvalue weighted by Crippen LogP contribution is 1.93. The zero-order chi connectivity index (χ0) is 4.41. The summed E-state index contributed by atoms with van der Waals surface area (Å²) < 4.78 is 0. The van der Waals surface area contributed by atoms with Crippen LogP contribution in [0.5, 0.6) is 0 Å². The second-order valence-electron chi connectivity index (χ2n) is 1.65. The number of halogens is 2. The van der Waals surface area contributed by atoms with E-state index in [1.165, 1.54) is 0 Å². The van der Waals surface area contributed by atoms with Crippen LogP contribution in [0.25, 0.3) is 0 Å². The van der Waals surface area contributed by atoms with E-state index in [1.54, 1.807) is 0 Å². The maximum Gasteiger partial charge on any atom is 0.0676 e. The van der Waals surface area contributed by atoms with E-state index in [1.807, 2.05) is 0 Å². The predicted octanol–water partition coefficient (Wildman–Crippen LogP) is 0.184. The second kappa shape index (κ2) is 5.63. The average molecular weight is 160 g/mol. The van der Waals surface area contributed by atoms with Crippen LogP contribution in [0.2, 0.25) is 0 Å². The quantitative estimate of drug-likeness (QED) is 0.530. The van der Waals surface area contributed by atoms with Crippen LogP contribution in [0.3, 0.4) is 0 Å². The molecule has 1 saturated heterocycles. The van der Waals surface area contributed by atoms with Gasteiger partial charge in [0, 0.05) is 6.54 Å². The van der Waals surface area contributed by atoms with Gasteiger partial charge in [-0.25, -0.2) is 0 Å². The van der Waals surface area contributed by atoms with Gasteiger partial charge in [0.15, 0.2) is 0 Å². The van der Waals surface area contributed by atoms with Gasteiger partial charge in [-0.3, -0.25) is 0 Å². The SMILES string of the molecule is Cl.Cl.O[C@@H]1CCNC1. The van der Waals surface area contributed by atoms with E-state index >= 15 is 0 Å². The standard InChI is InChI=1S/C4H9NO.2ClH/c6-4-1-2-5-3-4;;/h4-6H,1-3H2;2*1H/t4-;;/m1../s1. The maximum absolute atomic E-state index is 8.67. The van der Waals surface area contributed by atoms with Crippen LogP contribution in [-0.4, -0.2) is 24.3 Å². The molecule has 4 heteroatoms. The zero-order valence-corrected chi connectivity index (χ0v) is 6.10. The molecular weight excluding hydrogens is 149 g/mol. The highest BCUT2D eigenvalue weighted by Gasteiger charge is 2.08. The van der Waals surface area contributed by atoms with Crippen molar-refractivity contribution in [2.45, 2.75) is 12.5 Å². The number of aliphatic hydroxyl groups excluding tert-OH is 1. The lowest BCUT2D eigenvalue weighted by molar-refractivity contribution is 0.196. The van der Waals surface area contributed by atoms with Crippen molar-refractivity contribution < 1.29 is 5.11 Å². The van der Waals surface area contributed by atoms with E-state index in [-0.39, 0.29) is 30.9 Å². The molecule has 0 aromatic rings. The Labute approximate surface area is 61.5 Å². The van der Waals surface area contributed by atoms with Crippen LogP contribution < -0.4 is 5.32 Å². The molecule has 0 aliphatic carbocycles. The maximum atomic E-state index is 8.67. The van der Waals surface area contributed by atoms with E-state index in [9.17, 15) is 0 Å². The first-order valence-electron chi connectivity index (χ1n) is 2.28. The molecule has 0 radical (unpaired) electrons. The number of rotatable bonds is 0. The monoisotopic (exact) mass is 159 g/mol. The van der Waals surface area contributed by atoms with Crippen LogP contribution in [0.1, 0.15) is 6.42 Å². The largest absolute Gasteiger partial charge is 0.392 e. The third kappa shape index (κ3) is 3.50. The van der Waals surface area contributed by atoms with Gasteiger partial charge in [-0.15, -0.1) is 24.8 Å². The fourth-order valence-electron chi connectivity index (χ4n) is 0.639. The van der Waals surface area contributed by atoms with Gasteiger partial charge in [0.2, 0.25) is 0 Å². The zero-order valence-electron chi connectivity index (χ0n) is 4.46. The third-order valence-electron chi connectivity index (χ3n) is 1.03. The van der Waals surface area contributed by atoms with Gasteiger partial charge in [-0.05, 0) is 13.0 Å². The Bertz CT molecular complexity index is 47.3. The van der Waals surface area contributed by atoms with Crippen molar-refractivity contribution in [3.05, 3.63) is 0 Å². The average Bonchev–Trinajstić information content (AvgIpc) is 1.86. The Hall–Kier alpha value is 0.500. The lowest BCUT2D eigenvalue weighted by atomic mass is 10.3. The Kier molecular flexibility index (Phi) is 7.97. The first-order chi connectivity index (χ1) is 2.89. The van der Waals surface area contributed by atoms with Crippen LogP contribution in [0.15, 0.2) is 0 Å². The molecule has 0 amide bonds. The van der Waals surface area contributed by atoms with Crippen molar-refractivity contribution in [2.75, 3.05) is 13.1 Å². The highest BCUT2D eigenvalue weighted by atomic mass is 35.5. The van der Waals surface area contributed by atoms with E-state index in [0.29, 0.717) is 0 Å². The van der Waals surface area contributed by atoms with E-state index in [4.69, 9.17) is 5.11 Å². The fourth-order valence-corrected chi connectivity index (χ4v) is 0.639. The van der Waals surface area contributed by atoms with Gasteiger partial charge in [0.25, 0.3) is 0 Å². The third-order valence-corrected chi connectivity index (χ3v) is 1.03. The van der Waals surface area contributed by atoms with Gasteiger partial charge in [-0.2, -0.15) is 0 Å². The van der Waals surface area contributed by atoms with E-state index in [0.717, 1.165) is 19.5 Å². The summed E-state index contributed by atoms with van der Waals surface area (Å²) in [7, 11) is 0. The molecule has 0 bridgehead atoms. The smallest absolute Gasteiger partial charge is 0.0676 e. The van der Waals surface area contributed by atoms with Gasteiger partial charge >= 0.3 is 0 Å². The number of hydrogen-bond acceptors (Lipinski definition) is 2. The Morgan fingerprint density at radius 2 is 2.00 bits per heavy atom. The van der Waals surface area contributed by atoms with Gasteiger partial charge < -0.3 is 10.4 Å². The molecule has 0 aromatic heterocycles. The lowest BCUT2D eigenvalue weighted by Crippen LogP contribution is -2.11. The van der Waals surface area contributed by atoms with Crippen molar-refractivity contribution in [2.24, 2.45) is 0 Å². The molecule has 2 nitrogen and oxygen atoms in total. The Morgan fingerprint density at radius 1 is 1.38 bits per heavy atom. The topological polar surface area (TPSA) is 32.3 Å². The van der Waals surface area contributed by atoms with Crippen LogP contribution in [0.4, 0.5) is 0 Å². The second-order valence-corrected chi connectivity index (χ2v) is 1.65. The lowest BCUT2D eigenvalue weighted by Gasteiger charge is -1.90. The van der Waals surface area contributed by atoms with Crippen LogP contribution in [0, 0.1) is 0 Å². The van der Waals surface area contributed by atoms with Crippen molar-refractivity contribution in [3.8, 4) is 0 Å². The van der Waals surface area contributed by atoms with Gasteiger partial charge in [-0.1, -0.05) is 0 Å². The molecule has 8 heavy (non-hydrogen) atoms. The summed E-state index contributed by atoms with van der Waals surface area (Å²) >= 11 is 0. The number of aliphatic hydroxyl groups is 1. The molecule has 52 valence electrons. The Balaban J connectivity index is 0. The summed E-state index contributed by atoms with van der Waals surface area (Å²) in [4.78, 5) is 0. The van der Waals surface area contributed by atoms with Crippen LogP contribution >= 0.6 is 24.8 Å². The molecule has 1 rings (SSSR count). The van der Waals surface area contributed by atoms with E-state index in [2.05, 4.69) is 5.32 Å². The minimum atomic E-state index is -0.0648. The highest BCUT2D eigenvalue weighted by molar-refractivity contribution is 5.85. The minimum absolute atomic E-state index is 0. The summed E-state index contributed by atoms with van der Waals surface area (Å²) in [6.45, 7) is 1.78. The first kappa shape index (κ1) is 11.3. The molecule has 0 saturated carbocycles. The van der Waals surface area contributed by atoms with Crippen molar-refractivity contribution in [1.82, 2.24) is 5.32 Å². The van der Waals surface area contributed by atoms with Crippen molar-refractivity contribution in [3.63, 3.8) is 0 Å². The number of hydrogen-bond donors (Lipinski definition) is 2. The molecule has 0 aromatic carbocycles. The van der Waals surface area contributed by atoms with E-state index < -0.39 is 0 Å². The predicted molar refractivity (Wildman–Crippen MR) is 38.0 cm³/mol. The minimum Gasteiger partial charge on any atom is -0.392 e. The summed E-state index contributed by atoms with van der Waals surface area (Å²) in [5.41, 5.74) is 0. The molecule has 0 spiro atoms. The molecule has 2 N–H and O–H groups in total. The normalized spacial score (nSPS) is 25.9. The Morgan fingerprint density at radius 3 is 2.12 bits per heavy atom. The fraction of sp³-hybridized carbons (Fsp3) is 1.00. The summed E-state index contributed by atoms with van der Waals surface area (Å²) in [6, 6.07) is 0. The molecule has 1 fully saturated rings. The molecular formula is C4H11Cl2NO. The molecule has 0 unspecified atom stereocenters. The summed E-state index contributed by atoms with van der Waals surface area (Å²) in [5, 5.41) is 11.7. The molecule has 1 heterocycles. The first-order valence-corrected chi connectivity index (χ1v) is 2.28. The van der Waals surface area contributed by atoms with Crippen molar-refractivity contribution in [1.29, 1.82) is 0 Å². The summed E-state index contributed by atoms with van der Waals surface area (Å²) in [5.74, 6) is 0. The van der Waals surface area contributed by atoms with Gasteiger partial charge in [0.05, 0.1) is 6.10 Å². The van der Waals surface area contributed by atoms with Gasteiger partial charge in [0.1, 0.15) is 0 Å². The number of β-amino-alcohol motifs (C(OH)–C–C–N with tert-alkyl or cyclic N) is 1. The molecule has 1 atom stereocenters. The number of nitrogens with one attached hydrogen (secondary N) is 1. The summed E-state index contributed by atoms with van der Waals surface area (Å²) in [6.07, 6.45) is 0.866. The van der Waals surface area contributed by atoms with Crippen LogP contribution in [-0.2, 0) is 0 Å². The van der Waals surface area contributed by atoms with Crippen molar-refractivity contribution >= 4 is 24.8 Å².